The molecule has 1 rings (SSSR count). The maximum absolute atomic E-state index is 8.69. The van der Waals surface area contributed by atoms with Gasteiger partial charge >= 0.3 is 0 Å². The van der Waals surface area contributed by atoms with E-state index >= 15 is 0 Å². The molecule has 12 heavy (non-hydrogen) atoms. The summed E-state index contributed by atoms with van der Waals surface area (Å²) >= 11 is 0. The average molecular weight is 161 g/mol. The molecule has 0 saturated carbocycles. The normalized spacial score (nSPS) is 9.00. The van der Waals surface area contributed by atoms with Crippen molar-refractivity contribution in [2.24, 2.45) is 0 Å². The molecule has 0 saturated heterocycles. The van der Waals surface area contributed by atoms with Crippen LogP contribution in [-0.4, -0.2) is 11.5 Å². The van der Waals surface area contributed by atoms with Gasteiger partial charge in [0.25, 0.3) is 0 Å². The number of rotatable bonds is 3. The van der Waals surface area contributed by atoms with E-state index in [2.05, 4.69) is 23.3 Å². The highest BCUT2D eigenvalue weighted by Crippen LogP contribution is 2.08. The second-order valence-corrected chi connectivity index (χ2v) is 2.44. The summed E-state index contributed by atoms with van der Waals surface area (Å²) in [4.78, 5) is 4.05. The number of nitriles is 1. The topological polar surface area (TPSA) is 48.7 Å². The van der Waals surface area contributed by atoms with E-state index in [-0.39, 0.29) is 0 Å². The Labute approximate surface area is 72.1 Å². The molecule has 0 aromatic carbocycles. The first-order chi connectivity index (χ1) is 5.88. The van der Waals surface area contributed by atoms with Crippen LogP contribution in [0.4, 0.5) is 5.82 Å². The zero-order valence-corrected chi connectivity index (χ0v) is 7.04. The van der Waals surface area contributed by atoms with Crippen LogP contribution in [-0.2, 0) is 0 Å². The molecule has 0 aliphatic carbocycles. The van der Waals surface area contributed by atoms with Gasteiger partial charge in [0.05, 0.1) is 5.56 Å². The van der Waals surface area contributed by atoms with Crippen LogP contribution in [0.15, 0.2) is 18.3 Å². The van der Waals surface area contributed by atoms with Crippen molar-refractivity contribution in [1.82, 2.24) is 4.98 Å². The van der Waals surface area contributed by atoms with E-state index in [9.17, 15) is 0 Å². The fraction of sp³-hybridized carbons (Fsp3) is 0.333. The number of nitrogens with zero attached hydrogens (tertiary/aromatic N) is 2. The number of aromatic nitrogens is 1. The maximum Gasteiger partial charge on any atom is 0.143 e. The molecular formula is C9H11N3. The Morgan fingerprint density at radius 3 is 3.17 bits per heavy atom. The lowest BCUT2D eigenvalue weighted by atomic mass is 10.3. The number of hydrogen-bond donors (Lipinski definition) is 1. The van der Waals surface area contributed by atoms with Crippen molar-refractivity contribution < 1.29 is 0 Å². The molecule has 0 radical (unpaired) electrons. The molecule has 1 heterocycles. The quantitative estimate of drug-likeness (QED) is 0.735. The van der Waals surface area contributed by atoms with Gasteiger partial charge in [0.1, 0.15) is 11.9 Å². The number of hydrogen-bond acceptors (Lipinski definition) is 3. The van der Waals surface area contributed by atoms with Crippen LogP contribution in [0.2, 0.25) is 0 Å². The Morgan fingerprint density at radius 1 is 1.67 bits per heavy atom. The third kappa shape index (κ3) is 1.96. The largest absolute Gasteiger partial charge is 0.369 e. The van der Waals surface area contributed by atoms with Gasteiger partial charge in [0.2, 0.25) is 0 Å². The molecule has 1 aromatic rings. The average Bonchev–Trinajstić information content (AvgIpc) is 2.15. The fourth-order valence-electron chi connectivity index (χ4n) is 0.880. The molecule has 0 bridgehead atoms. The van der Waals surface area contributed by atoms with Crippen LogP contribution in [0.1, 0.15) is 18.9 Å². The van der Waals surface area contributed by atoms with Crippen LogP contribution in [0.5, 0.6) is 0 Å². The van der Waals surface area contributed by atoms with Gasteiger partial charge in [-0.3, -0.25) is 0 Å². The molecule has 0 aliphatic heterocycles. The summed E-state index contributed by atoms with van der Waals surface area (Å²) in [5.74, 6) is 0.682. The van der Waals surface area contributed by atoms with E-state index < -0.39 is 0 Å². The lowest BCUT2D eigenvalue weighted by molar-refractivity contribution is 0.968. The van der Waals surface area contributed by atoms with Crippen molar-refractivity contribution in [3.63, 3.8) is 0 Å². The third-order valence-electron chi connectivity index (χ3n) is 1.47. The number of anilines is 1. The molecule has 1 aromatic heterocycles. The highest BCUT2D eigenvalue weighted by atomic mass is 15.0. The van der Waals surface area contributed by atoms with Gasteiger partial charge in [0.15, 0.2) is 0 Å². The lowest BCUT2D eigenvalue weighted by Gasteiger charge is -2.03. The van der Waals surface area contributed by atoms with E-state index in [0.29, 0.717) is 11.4 Å². The minimum atomic E-state index is 0.603. The summed E-state index contributed by atoms with van der Waals surface area (Å²) in [5.41, 5.74) is 0.603. The van der Waals surface area contributed by atoms with Crippen molar-refractivity contribution in [3.8, 4) is 6.07 Å². The SMILES string of the molecule is CCCNc1ncccc1C#N. The molecule has 0 spiro atoms. The first-order valence-electron chi connectivity index (χ1n) is 3.97. The smallest absolute Gasteiger partial charge is 0.143 e. The highest BCUT2D eigenvalue weighted by molar-refractivity contribution is 5.50. The highest BCUT2D eigenvalue weighted by Gasteiger charge is 1.98. The van der Waals surface area contributed by atoms with Gasteiger partial charge in [-0.1, -0.05) is 6.92 Å². The predicted octanol–water partition coefficient (Wildman–Crippen LogP) is 1.78. The zero-order chi connectivity index (χ0) is 8.81. The first kappa shape index (κ1) is 8.54. The summed E-state index contributed by atoms with van der Waals surface area (Å²) in [6.07, 6.45) is 2.71. The van der Waals surface area contributed by atoms with Crippen LogP contribution in [0.3, 0.4) is 0 Å². The summed E-state index contributed by atoms with van der Waals surface area (Å²) in [7, 11) is 0. The van der Waals surface area contributed by atoms with Gasteiger partial charge in [-0.25, -0.2) is 4.98 Å². The molecule has 0 atom stereocenters. The summed E-state index contributed by atoms with van der Waals surface area (Å²) in [6.45, 7) is 2.92. The maximum atomic E-state index is 8.69. The Bertz CT molecular complexity index is 288. The van der Waals surface area contributed by atoms with Crippen molar-refractivity contribution >= 4 is 5.82 Å². The van der Waals surface area contributed by atoms with E-state index in [4.69, 9.17) is 5.26 Å². The summed E-state index contributed by atoms with van der Waals surface area (Å²) in [6, 6.07) is 5.59. The lowest BCUT2D eigenvalue weighted by Crippen LogP contribution is -2.03. The van der Waals surface area contributed by atoms with Crippen molar-refractivity contribution in [3.05, 3.63) is 23.9 Å². The van der Waals surface area contributed by atoms with Gasteiger partial charge in [-0.05, 0) is 18.6 Å². The monoisotopic (exact) mass is 161 g/mol. The minimum Gasteiger partial charge on any atom is -0.369 e. The van der Waals surface area contributed by atoms with E-state index in [1.165, 1.54) is 0 Å². The van der Waals surface area contributed by atoms with Crippen LogP contribution < -0.4 is 5.32 Å². The number of nitrogens with one attached hydrogen (secondary N) is 1. The molecule has 3 heteroatoms. The Hall–Kier alpha value is -1.56. The van der Waals surface area contributed by atoms with Gasteiger partial charge in [0, 0.05) is 12.7 Å². The molecule has 0 unspecified atom stereocenters. The van der Waals surface area contributed by atoms with Crippen LogP contribution in [0.25, 0.3) is 0 Å². The van der Waals surface area contributed by atoms with E-state index in [0.717, 1.165) is 13.0 Å². The molecular weight excluding hydrogens is 150 g/mol. The molecule has 0 fully saturated rings. The second kappa shape index (κ2) is 4.35. The van der Waals surface area contributed by atoms with Gasteiger partial charge in [-0.2, -0.15) is 5.26 Å². The summed E-state index contributed by atoms with van der Waals surface area (Å²) < 4.78 is 0. The Kier molecular flexibility index (Phi) is 3.09. The van der Waals surface area contributed by atoms with Gasteiger partial charge < -0.3 is 5.32 Å². The van der Waals surface area contributed by atoms with Crippen LogP contribution >= 0.6 is 0 Å². The Morgan fingerprint density at radius 2 is 2.50 bits per heavy atom. The predicted molar refractivity (Wildman–Crippen MR) is 47.7 cm³/mol. The fourth-order valence-corrected chi connectivity index (χ4v) is 0.880. The van der Waals surface area contributed by atoms with Crippen molar-refractivity contribution in [2.75, 3.05) is 11.9 Å². The second-order valence-electron chi connectivity index (χ2n) is 2.44. The van der Waals surface area contributed by atoms with E-state index in [1.54, 1.807) is 18.3 Å². The van der Waals surface area contributed by atoms with Crippen molar-refractivity contribution in [1.29, 1.82) is 5.26 Å². The van der Waals surface area contributed by atoms with Crippen LogP contribution in [0, 0.1) is 11.3 Å². The molecule has 62 valence electrons. The third-order valence-corrected chi connectivity index (χ3v) is 1.47. The Balaban J connectivity index is 2.77. The van der Waals surface area contributed by atoms with Crippen molar-refractivity contribution in [2.45, 2.75) is 13.3 Å². The molecule has 3 nitrogen and oxygen atoms in total. The first-order valence-corrected chi connectivity index (χ1v) is 3.97. The number of pyridine rings is 1. The minimum absolute atomic E-state index is 0.603. The molecule has 0 amide bonds. The standard InChI is InChI=1S/C9H11N3/c1-2-5-11-9-8(7-10)4-3-6-12-9/h3-4,6H,2,5H2,1H3,(H,11,12). The zero-order valence-electron chi connectivity index (χ0n) is 7.04. The van der Waals surface area contributed by atoms with Gasteiger partial charge in [-0.15, -0.1) is 0 Å². The van der Waals surface area contributed by atoms with E-state index in [1.807, 2.05) is 0 Å². The summed E-state index contributed by atoms with van der Waals surface area (Å²) in [5, 5.41) is 11.8. The molecule has 1 N–H and O–H groups in total. The molecule has 0 aliphatic rings.